The summed E-state index contributed by atoms with van der Waals surface area (Å²) in [5, 5.41) is 5.06. The molecule has 1 unspecified atom stereocenters. The zero-order valence-corrected chi connectivity index (χ0v) is 14.5. The average Bonchev–Trinajstić information content (AvgIpc) is 3.07. The predicted octanol–water partition coefficient (Wildman–Crippen LogP) is 4.09. The second-order valence-corrected chi connectivity index (χ2v) is 5.71. The molecule has 26 heavy (non-hydrogen) atoms. The van der Waals surface area contributed by atoms with E-state index in [1.165, 1.54) is 6.07 Å². The predicted molar refractivity (Wildman–Crippen MR) is 99.3 cm³/mol. The molecule has 4 rings (SSSR count). The number of nitrogens with zero attached hydrogens (tertiary/aromatic N) is 3. The van der Waals surface area contributed by atoms with E-state index in [9.17, 15) is 4.39 Å². The van der Waals surface area contributed by atoms with E-state index in [4.69, 9.17) is 10.3 Å². The zero-order chi connectivity index (χ0) is 17.2. The van der Waals surface area contributed by atoms with Crippen LogP contribution < -0.4 is 5.73 Å². The molecule has 0 saturated carbocycles. The summed E-state index contributed by atoms with van der Waals surface area (Å²) >= 11 is 0. The molecule has 1 atom stereocenters. The monoisotopic (exact) mass is 370 g/mol. The maximum Gasteiger partial charge on any atom is 0.167 e. The second-order valence-electron chi connectivity index (χ2n) is 5.71. The van der Waals surface area contributed by atoms with E-state index in [2.05, 4.69) is 15.1 Å². The molecule has 0 aliphatic rings. The zero-order valence-electron chi connectivity index (χ0n) is 13.7. The number of nitrogens with two attached hydrogens (primary N) is 1. The van der Waals surface area contributed by atoms with Gasteiger partial charge in [-0.3, -0.25) is 9.97 Å². The molecule has 132 valence electrons. The molecule has 3 aromatic heterocycles. The van der Waals surface area contributed by atoms with Crippen LogP contribution in [0.3, 0.4) is 0 Å². The smallest absolute Gasteiger partial charge is 0.167 e. The SMILES string of the molecule is Cl.NC(Cc1ncccc1F)c1ncccc1-c1noc2ccccc12. The summed E-state index contributed by atoms with van der Waals surface area (Å²) in [6.07, 6.45) is 3.46. The van der Waals surface area contributed by atoms with Crippen molar-refractivity contribution in [3.63, 3.8) is 0 Å². The Balaban J connectivity index is 0.00000196. The standard InChI is InChI=1S/C19H15FN4O.ClH/c20-14-7-4-9-22-16(14)11-15(21)19-13(6-3-10-23-19)18-12-5-1-2-8-17(12)25-24-18;/h1-10,15H,11,21H2;1H. The van der Waals surface area contributed by atoms with Crippen LogP contribution in [0.4, 0.5) is 4.39 Å². The molecule has 1 aromatic carbocycles. The molecule has 0 spiro atoms. The highest BCUT2D eigenvalue weighted by Gasteiger charge is 2.20. The van der Waals surface area contributed by atoms with Crippen LogP contribution in [0.2, 0.25) is 0 Å². The van der Waals surface area contributed by atoms with Gasteiger partial charge in [0.1, 0.15) is 11.5 Å². The van der Waals surface area contributed by atoms with Gasteiger partial charge in [0.05, 0.1) is 17.4 Å². The molecule has 3 heterocycles. The minimum absolute atomic E-state index is 0. The Morgan fingerprint density at radius 3 is 2.62 bits per heavy atom. The first-order valence-electron chi connectivity index (χ1n) is 7.88. The van der Waals surface area contributed by atoms with E-state index in [-0.39, 0.29) is 24.6 Å². The van der Waals surface area contributed by atoms with E-state index in [0.717, 1.165) is 10.9 Å². The van der Waals surface area contributed by atoms with E-state index >= 15 is 0 Å². The molecule has 0 radical (unpaired) electrons. The number of pyridine rings is 2. The van der Waals surface area contributed by atoms with Gasteiger partial charge in [0.2, 0.25) is 0 Å². The summed E-state index contributed by atoms with van der Waals surface area (Å²) in [5.74, 6) is -0.373. The molecule has 0 aliphatic heterocycles. The highest BCUT2D eigenvalue weighted by atomic mass is 35.5. The maximum absolute atomic E-state index is 13.9. The molecular weight excluding hydrogens is 355 g/mol. The number of rotatable bonds is 4. The minimum Gasteiger partial charge on any atom is -0.356 e. The summed E-state index contributed by atoms with van der Waals surface area (Å²) < 4.78 is 19.3. The third-order valence-electron chi connectivity index (χ3n) is 4.07. The van der Waals surface area contributed by atoms with Gasteiger partial charge < -0.3 is 10.3 Å². The Kier molecular flexibility index (Phi) is 5.25. The number of aromatic nitrogens is 3. The molecule has 0 saturated heterocycles. The number of halogens is 2. The van der Waals surface area contributed by atoms with Crippen LogP contribution in [0.1, 0.15) is 17.4 Å². The molecule has 2 N–H and O–H groups in total. The Morgan fingerprint density at radius 2 is 1.77 bits per heavy atom. The van der Waals surface area contributed by atoms with Gasteiger partial charge in [-0.05, 0) is 36.4 Å². The van der Waals surface area contributed by atoms with Gasteiger partial charge in [-0.25, -0.2) is 4.39 Å². The van der Waals surface area contributed by atoms with Crippen LogP contribution in [0.25, 0.3) is 22.2 Å². The van der Waals surface area contributed by atoms with E-state index < -0.39 is 6.04 Å². The number of hydrogen-bond acceptors (Lipinski definition) is 5. The lowest BCUT2D eigenvalue weighted by atomic mass is 9.99. The van der Waals surface area contributed by atoms with Crippen LogP contribution in [0.5, 0.6) is 0 Å². The minimum atomic E-state index is -0.518. The molecule has 0 bridgehead atoms. The summed E-state index contributed by atoms with van der Waals surface area (Å²) in [4.78, 5) is 8.48. The number of para-hydroxylation sites is 1. The van der Waals surface area contributed by atoms with Gasteiger partial charge in [0.15, 0.2) is 5.58 Å². The molecule has 5 nitrogen and oxygen atoms in total. The fourth-order valence-corrected chi connectivity index (χ4v) is 2.87. The van der Waals surface area contributed by atoms with Gasteiger partial charge in [-0.2, -0.15) is 0 Å². The van der Waals surface area contributed by atoms with Crippen molar-refractivity contribution in [3.05, 3.63) is 78.1 Å². The topological polar surface area (TPSA) is 77.8 Å². The third-order valence-corrected chi connectivity index (χ3v) is 4.07. The van der Waals surface area contributed by atoms with Crippen molar-refractivity contribution < 1.29 is 8.91 Å². The second kappa shape index (κ2) is 7.59. The first-order valence-corrected chi connectivity index (χ1v) is 7.88. The lowest BCUT2D eigenvalue weighted by molar-refractivity contribution is 0.459. The van der Waals surface area contributed by atoms with Crippen molar-refractivity contribution in [1.29, 1.82) is 0 Å². The van der Waals surface area contributed by atoms with Crippen LogP contribution in [0, 0.1) is 5.82 Å². The third kappa shape index (κ3) is 3.29. The van der Waals surface area contributed by atoms with Crippen molar-refractivity contribution in [2.45, 2.75) is 12.5 Å². The van der Waals surface area contributed by atoms with Gasteiger partial charge in [0.25, 0.3) is 0 Å². The Bertz CT molecular complexity index is 1040. The summed E-state index contributed by atoms with van der Waals surface area (Å²) in [6.45, 7) is 0. The van der Waals surface area contributed by atoms with Crippen LogP contribution in [-0.2, 0) is 6.42 Å². The lowest BCUT2D eigenvalue weighted by Crippen LogP contribution is -2.17. The van der Waals surface area contributed by atoms with Crippen molar-refractivity contribution in [1.82, 2.24) is 15.1 Å². The van der Waals surface area contributed by atoms with E-state index in [1.807, 2.05) is 36.4 Å². The Labute approximate surface area is 155 Å². The van der Waals surface area contributed by atoms with Crippen LogP contribution >= 0.6 is 12.4 Å². The van der Waals surface area contributed by atoms with Crippen molar-refractivity contribution in [2.24, 2.45) is 5.73 Å². The fraction of sp³-hybridized carbons (Fsp3) is 0.105. The average molecular weight is 371 g/mol. The normalized spacial score (nSPS) is 11.9. The number of hydrogen-bond donors (Lipinski definition) is 1. The number of benzene rings is 1. The molecular formula is C19H16ClFN4O. The van der Waals surface area contributed by atoms with Gasteiger partial charge in [-0.15, -0.1) is 12.4 Å². The molecule has 7 heteroatoms. The molecule has 0 amide bonds. The quantitative estimate of drug-likeness (QED) is 0.585. The van der Waals surface area contributed by atoms with Crippen LogP contribution in [0.15, 0.2) is 65.4 Å². The van der Waals surface area contributed by atoms with Crippen LogP contribution in [-0.4, -0.2) is 15.1 Å². The molecule has 4 aromatic rings. The molecule has 0 fully saturated rings. The fourth-order valence-electron chi connectivity index (χ4n) is 2.87. The van der Waals surface area contributed by atoms with Crippen molar-refractivity contribution in [3.8, 4) is 11.3 Å². The summed E-state index contributed by atoms with van der Waals surface area (Å²) in [7, 11) is 0. The van der Waals surface area contributed by atoms with Gasteiger partial charge in [0, 0.05) is 29.8 Å². The largest absolute Gasteiger partial charge is 0.356 e. The van der Waals surface area contributed by atoms with Crippen molar-refractivity contribution >= 4 is 23.4 Å². The Hall–Kier alpha value is -2.83. The first kappa shape index (κ1) is 18.0. The van der Waals surface area contributed by atoms with E-state index in [1.54, 1.807) is 18.5 Å². The maximum atomic E-state index is 13.9. The van der Waals surface area contributed by atoms with E-state index in [0.29, 0.717) is 22.7 Å². The highest BCUT2D eigenvalue weighted by Crippen LogP contribution is 2.32. The lowest BCUT2D eigenvalue weighted by Gasteiger charge is -2.14. The summed E-state index contributed by atoms with van der Waals surface area (Å²) in [5.41, 5.74) is 9.41. The highest BCUT2D eigenvalue weighted by molar-refractivity contribution is 5.92. The number of fused-ring (bicyclic) bond motifs is 1. The van der Waals surface area contributed by atoms with Gasteiger partial charge in [-0.1, -0.05) is 17.3 Å². The molecule has 0 aliphatic carbocycles. The van der Waals surface area contributed by atoms with Crippen molar-refractivity contribution in [2.75, 3.05) is 0 Å². The Morgan fingerprint density at radius 1 is 1.00 bits per heavy atom. The first-order chi connectivity index (χ1) is 12.2. The summed E-state index contributed by atoms with van der Waals surface area (Å²) in [6, 6.07) is 13.7. The van der Waals surface area contributed by atoms with Gasteiger partial charge >= 0.3 is 0 Å².